The Morgan fingerprint density at radius 1 is 1.00 bits per heavy atom. The first-order valence-corrected chi connectivity index (χ1v) is 7.26. The van der Waals surface area contributed by atoms with Crippen molar-refractivity contribution in [3.05, 3.63) is 65.1 Å². The first kappa shape index (κ1) is 14.8. The average molecular weight is 315 g/mol. The van der Waals surface area contributed by atoms with Gasteiger partial charge in [0.05, 0.1) is 19.2 Å². The van der Waals surface area contributed by atoms with Gasteiger partial charge in [-0.15, -0.1) is 0 Å². The van der Waals surface area contributed by atoms with Gasteiger partial charge in [0.1, 0.15) is 17.5 Å². The zero-order valence-electron chi connectivity index (χ0n) is 12.1. The largest absolute Gasteiger partial charge is 0.497 e. The van der Waals surface area contributed by atoms with Crippen molar-refractivity contribution in [2.45, 2.75) is 13.2 Å². The lowest BCUT2D eigenvalue weighted by Crippen LogP contribution is -2.01. The number of hydrogen-bond donors (Lipinski definition) is 0. The molecule has 0 N–H and O–H groups in total. The molecule has 0 unspecified atom stereocenters. The summed E-state index contributed by atoms with van der Waals surface area (Å²) in [6.45, 7) is 0.832. The summed E-state index contributed by atoms with van der Waals surface area (Å²) >= 11 is 6.22. The molecular weight excluding hydrogens is 300 g/mol. The van der Waals surface area contributed by atoms with Gasteiger partial charge in [0.15, 0.2) is 5.82 Å². The highest BCUT2D eigenvalue weighted by Crippen LogP contribution is 2.25. The second-order valence-electron chi connectivity index (χ2n) is 4.79. The normalized spacial score (nSPS) is 10.8. The fourth-order valence-electron chi connectivity index (χ4n) is 2.14. The summed E-state index contributed by atoms with van der Waals surface area (Å²) in [6.07, 6.45) is 0. The van der Waals surface area contributed by atoms with E-state index in [1.165, 1.54) is 0 Å². The van der Waals surface area contributed by atoms with E-state index in [-0.39, 0.29) is 0 Å². The fourth-order valence-corrected chi connectivity index (χ4v) is 2.39. The molecular formula is C17H15ClN2O2. The fraction of sp³-hybridized carbons (Fsp3) is 0.176. The van der Waals surface area contributed by atoms with Gasteiger partial charge in [-0.1, -0.05) is 41.9 Å². The van der Waals surface area contributed by atoms with Crippen LogP contribution in [-0.4, -0.2) is 17.1 Å². The van der Waals surface area contributed by atoms with E-state index in [1.54, 1.807) is 7.11 Å². The van der Waals surface area contributed by atoms with Crippen LogP contribution in [0.15, 0.2) is 48.5 Å². The lowest BCUT2D eigenvalue weighted by Gasteiger charge is -2.07. The minimum Gasteiger partial charge on any atom is -0.497 e. The number of benzene rings is 2. The molecule has 0 radical (unpaired) electrons. The highest BCUT2D eigenvalue weighted by Gasteiger charge is 2.07. The molecule has 0 saturated carbocycles. The topological polar surface area (TPSA) is 44.2 Å². The van der Waals surface area contributed by atoms with Gasteiger partial charge < -0.3 is 9.47 Å². The number of fused-ring (bicyclic) bond motifs is 1. The highest BCUT2D eigenvalue weighted by atomic mass is 35.5. The van der Waals surface area contributed by atoms with E-state index < -0.39 is 0 Å². The summed E-state index contributed by atoms with van der Waals surface area (Å²) in [5, 5.41) is 1.18. The molecule has 3 aromatic rings. The van der Waals surface area contributed by atoms with Gasteiger partial charge >= 0.3 is 0 Å². The quantitative estimate of drug-likeness (QED) is 0.667. The standard InChI is InChI=1S/C17H15ClN2O2/c1-21-13-7-8-15-14(9-13)17(18)20-16(19-15)11-22-10-12-5-3-2-4-6-12/h2-9H,10-11H2,1H3. The zero-order valence-corrected chi connectivity index (χ0v) is 12.9. The molecule has 3 rings (SSSR count). The van der Waals surface area contributed by atoms with Crippen LogP contribution >= 0.6 is 11.6 Å². The van der Waals surface area contributed by atoms with Crippen molar-refractivity contribution in [1.82, 2.24) is 9.97 Å². The third-order valence-corrected chi connectivity index (χ3v) is 3.53. The molecule has 0 amide bonds. The van der Waals surface area contributed by atoms with Crippen molar-refractivity contribution in [3.8, 4) is 5.75 Å². The van der Waals surface area contributed by atoms with Crippen LogP contribution in [0.2, 0.25) is 5.15 Å². The van der Waals surface area contributed by atoms with Crippen molar-refractivity contribution in [2.75, 3.05) is 7.11 Å². The van der Waals surface area contributed by atoms with Crippen LogP contribution in [0.4, 0.5) is 0 Å². The van der Waals surface area contributed by atoms with Gasteiger partial charge in [-0.05, 0) is 23.8 Å². The molecule has 0 bridgehead atoms. The maximum absolute atomic E-state index is 6.22. The molecule has 1 aromatic heterocycles. The predicted molar refractivity (Wildman–Crippen MR) is 86.0 cm³/mol. The average Bonchev–Trinajstić information content (AvgIpc) is 2.56. The Hall–Kier alpha value is -2.17. The summed E-state index contributed by atoms with van der Waals surface area (Å²) in [5.74, 6) is 1.30. The lowest BCUT2D eigenvalue weighted by molar-refractivity contribution is 0.102. The first-order chi connectivity index (χ1) is 10.8. The van der Waals surface area contributed by atoms with E-state index in [0.717, 1.165) is 22.2 Å². The molecule has 4 nitrogen and oxygen atoms in total. The number of nitrogens with zero attached hydrogens (tertiary/aromatic N) is 2. The molecule has 1 heterocycles. The molecule has 0 fully saturated rings. The molecule has 2 aromatic carbocycles. The van der Waals surface area contributed by atoms with Crippen molar-refractivity contribution in [1.29, 1.82) is 0 Å². The third-order valence-electron chi connectivity index (χ3n) is 3.25. The maximum Gasteiger partial charge on any atom is 0.156 e. The highest BCUT2D eigenvalue weighted by molar-refractivity contribution is 6.34. The van der Waals surface area contributed by atoms with Crippen LogP contribution in [0.5, 0.6) is 5.75 Å². The minimum atomic E-state index is 0.316. The molecule has 0 atom stereocenters. The number of methoxy groups -OCH3 is 1. The van der Waals surface area contributed by atoms with Crippen molar-refractivity contribution >= 4 is 22.5 Å². The summed E-state index contributed by atoms with van der Waals surface area (Å²) in [5.41, 5.74) is 1.89. The van der Waals surface area contributed by atoms with E-state index in [9.17, 15) is 0 Å². The first-order valence-electron chi connectivity index (χ1n) is 6.88. The Morgan fingerprint density at radius 3 is 2.59 bits per heavy atom. The van der Waals surface area contributed by atoms with E-state index in [2.05, 4.69) is 9.97 Å². The predicted octanol–water partition coefficient (Wildman–Crippen LogP) is 4.01. The second kappa shape index (κ2) is 6.73. The Balaban J connectivity index is 1.74. The number of rotatable bonds is 5. The van der Waals surface area contributed by atoms with Gasteiger partial charge in [-0.25, -0.2) is 9.97 Å². The van der Waals surface area contributed by atoms with Crippen molar-refractivity contribution < 1.29 is 9.47 Å². The third kappa shape index (κ3) is 3.35. The van der Waals surface area contributed by atoms with E-state index in [4.69, 9.17) is 21.1 Å². The van der Waals surface area contributed by atoms with Crippen molar-refractivity contribution in [2.24, 2.45) is 0 Å². The molecule has 0 aliphatic rings. The van der Waals surface area contributed by atoms with Crippen LogP contribution in [0, 0.1) is 0 Å². The summed E-state index contributed by atoms with van der Waals surface area (Å²) in [4.78, 5) is 8.75. The van der Waals surface area contributed by atoms with E-state index >= 15 is 0 Å². The van der Waals surface area contributed by atoms with Crippen LogP contribution < -0.4 is 4.74 Å². The van der Waals surface area contributed by atoms with Gasteiger partial charge in [-0.2, -0.15) is 0 Å². The zero-order chi connectivity index (χ0) is 15.4. The van der Waals surface area contributed by atoms with Gasteiger partial charge in [0, 0.05) is 5.39 Å². The Bertz CT molecular complexity index is 778. The number of halogens is 1. The van der Waals surface area contributed by atoms with Crippen LogP contribution in [0.25, 0.3) is 10.9 Å². The lowest BCUT2D eigenvalue weighted by atomic mass is 10.2. The van der Waals surface area contributed by atoms with Crippen LogP contribution in [0.1, 0.15) is 11.4 Å². The summed E-state index contributed by atoms with van der Waals surface area (Å²) in [7, 11) is 1.61. The minimum absolute atomic E-state index is 0.316. The van der Waals surface area contributed by atoms with Crippen molar-refractivity contribution in [3.63, 3.8) is 0 Å². The smallest absolute Gasteiger partial charge is 0.156 e. The number of ether oxygens (including phenoxy) is 2. The van der Waals surface area contributed by atoms with Gasteiger partial charge in [0.2, 0.25) is 0 Å². The molecule has 22 heavy (non-hydrogen) atoms. The van der Waals surface area contributed by atoms with Crippen LogP contribution in [0.3, 0.4) is 0 Å². The summed E-state index contributed by atoms with van der Waals surface area (Å²) < 4.78 is 10.8. The van der Waals surface area contributed by atoms with Gasteiger partial charge in [0.25, 0.3) is 0 Å². The monoisotopic (exact) mass is 314 g/mol. The molecule has 112 valence electrons. The summed E-state index contributed by atoms with van der Waals surface area (Å²) in [6, 6.07) is 15.5. The van der Waals surface area contributed by atoms with E-state index in [1.807, 2.05) is 48.5 Å². The molecule has 0 spiro atoms. The number of hydrogen-bond acceptors (Lipinski definition) is 4. The Morgan fingerprint density at radius 2 is 1.82 bits per heavy atom. The molecule has 0 aliphatic heterocycles. The molecule has 0 saturated heterocycles. The molecule has 0 aliphatic carbocycles. The van der Waals surface area contributed by atoms with Crippen LogP contribution in [-0.2, 0) is 18.0 Å². The Kier molecular flexibility index (Phi) is 4.51. The maximum atomic E-state index is 6.22. The second-order valence-corrected chi connectivity index (χ2v) is 5.15. The number of aromatic nitrogens is 2. The molecule has 5 heteroatoms. The SMILES string of the molecule is COc1ccc2nc(COCc3ccccc3)nc(Cl)c2c1. The van der Waals surface area contributed by atoms with E-state index in [0.29, 0.717) is 24.2 Å². The Labute approximate surface area is 133 Å². The van der Waals surface area contributed by atoms with Gasteiger partial charge in [-0.3, -0.25) is 0 Å².